The second kappa shape index (κ2) is 8.30. The number of hydrogen-bond acceptors (Lipinski definition) is 6. The van der Waals surface area contributed by atoms with Crippen molar-refractivity contribution in [3.8, 4) is 5.75 Å². The molecule has 1 saturated heterocycles. The third kappa shape index (κ3) is 3.91. The Hall–Kier alpha value is -3.42. The van der Waals surface area contributed by atoms with E-state index in [2.05, 4.69) is 15.1 Å². The molecule has 0 N–H and O–H groups in total. The van der Waals surface area contributed by atoms with Gasteiger partial charge in [0.1, 0.15) is 11.4 Å². The molecule has 8 nitrogen and oxygen atoms in total. The Kier molecular flexibility index (Phi) is 5.41. The third-order valence-corrected chi connectivity index (χ3v) is 5.21. The van der Waals surface area contributed by atoms with Gasteiger partial charge in [-0.3, -0.25) is 14.0 Å². The molecule has 8 heteroatoms. The summed E-state index contributed by atoms with van der Waals surface area (Å²) in [6, 6.07) is 13.2. The monoisotopic (exact) mass is 393 g/mol. The number of anilines is 1. The van der Waals surface area contributed by atoms with Crippen LogP contribution in [0.15, 0.2) is 53.5 Å². The molecule has 0 radical (unpaired) electrons. The summed E-state index contributed by atoms with van der Waals surface area (Å²) in [5, 5.41) is 8.08. The van der Waals surface area contributed by atoms with Crippen molar-refractivity contribution < 1.29 is 9.53 Å². The Bertz CT molecular complexity index is 1070. The van der Waals surface area contributed by atoms with E-state index >= 15 is 0 Å². The van der Waals surface area contributed by atoms with Crippen molar-refractivity contribution >= 4 is 17.2 Å². The molecule has 2 aromatic heterocycles. The first kappa shape index (κ1) is 18.9. The number of pyridine rings is 1. The van der Waals surface area contributed by atoms with E-state index in [1.54, 1.807) is 31.5 Å². The van der Waals surface area contributed by atoms with Crippen LogP contribution in [0.3, 0.4) is 0 Å². The van der Waals surface area contributed by atoms with Gasteiger partial charge in [0, 0.05) is 45.2 Å². The largest absolute Gasteiger partial charge is 0.495 e. The number of hydrogen-bond donors (Lipinski definition) is 0. The quantitative estimate of drug-likeness (QED) is 0.652. The molecule has 3 aromatic rings. The van der Waals surface area contributed by atoms with Crippen LogP contribution in [-0.4, -0.2) is 58.7 Å². The maximum Gasteiger partial charge on any atom is 0.279 e. The highest BCUT2D eigenvalue weighted by atomic mass is 16.5. The molecule has 150 valence electrons. The first-order valence-electron chi connectivity index (χ1n) is 9.66. The van der Waals surface area contributed by atoms with Crippen molar-refractivity contribution in [3.05, 3.63) is 64.7 Å². The van der Waals surface area contributed by atoms with Gasteiger partial charge in [0.05, 0.1) is 12.8 Å². The van der Waals surface area contributed by atoms with Gasteiger partial charge < -0.3 is 14.5 Å². The lowest BCUT2D eigenvalue weighted by Gasteiger charge is -2.36. The molecule has 1 amide bonds. The minimum Gasteiger partial charge on any atom is -0.495 e. The number of ether oxygens (including phenoxy) is 1. The van der Waals surface area contributed by atoms with E-state index in [-0.39, 0.29) is 24.3 Å². The molecule has 0 bridgehead atoms. The minimum atomic E-state index is -0.218. The number of fused-ring (bicyclic) bond motifs is 1. The van der Waals surface area contributed by atoms with Crippen LogP contribution in [-0.2, 0) is 11.2 Å². The highest BCUT2D eigenvalue weighted by Crippen LogP contribution is 2.28. The summed E-state index contributed by atoms with van der Waals surface area (Å²) in [6.45, 7) is 2.76. The average molecular weight is 393 g/mol. The Morgan fingerprint density at radius 1 is 1.03 bits per heavy atom. The van der Waals surface area contributed by atoms with E-state index in [0.717, 1.165) is 24.5 Å². The molecule has 0 aliphatic carbocycles. The molecule has 0 atom stereocenters. The van der Waals surface area contributed by atoms with E-state index in [4.69, 9.17) is 4.74 Å². The first-order chi connectivity index (χ1) is 14.2. The molecule has 1 aliphatic rings. The highest BCUT2D eigenvalue weighted by Gasteiger charge is 2.23. The molecular formula is C21H23N5O3. The number of carbonyl (C=O) groups is 1. The number of para-hydroxylation sites is 2. The fourth-order valence-corrected chi connectivity index (χ4v) is 3.61. The molecule has 4 rings (SSSR count). The normalized spacial score (nSPS) is 14.2. The van der Waals surface area contributed by atoms with E-state index in [0.29, 0.717) is 24.4 Å². The highest BCUT2D eigenvalue weighted by molar-refractivity contribution is 5.76. The summed E-state index contributed by atoms with van der Waals surface area (Å²) in [4.78, 5) is 29.2. The van der Waals surface area contributed by atoms with Crippen LogP contribution in [0.25, 0.3) is 5.65 Å². The van der Waals surface area contributed by atoms with Crippen molar-refractivity contribution in [1.82, 2.24) is 19.5 Å². The SMILES string of the molecule is COc1ccccc1N1CCN(C(=O)CCc2nnc3ccccn3c2=O)CC1. The molecule has 0 unspecified atom stereocenters. The van der Waals surface area contributed by atoms with Crippen LogP contribution in [0.5, 0.6) is 5.75 Å². The lowest BCUT2D eigenvalue weighted by atomic mass is 10.2. The summed E-state index contributed by atoms with van der Waals surface area (Å²) >= 11 is 0. The van der Waals surface area contributed by atoms with Gasteiger partial charge in [-0.25, -0.2) is 0 Å². The Morgan fingerprint density at radius 3 is 2.59 bits per heavy atom. The molecule has 0 spiro atoms. The predicted octanol–water partition coefficient (Wildman–Crippen LogP) is 1.38. The van der Waals surface area contributed by atoms with Crippen molar-refractivity contribution in [3.63, 3.8) is 0 Å². The summed E-state index contributed by atoms with van der Waals surface area (Å²) in [5.74, 6) is 0.867. The Labute approximate surface area is 168 Å². The summed E-state index contributed by atoms with van der Waals surface area (Å²) in [7, 11) is 1.66. The number of carbonyl (C=O) groups excluding carboxylic acids is 1. The van der Waals surface area contributed by atoms with Crippen LogP contribution >= 0.6 is 0 Å². The van der Waals surface area contributed by atoms with Gasteiger partial charge in [-0.2, -0.15) is 0 Å². The number of aryl methyl sites for hydroxylation is 1. The van der Waals surface area contributed by atoms with Crippen molar-refractivity contribution in [1.29, 1.82) is 0 Å². The fourth-order valence-electron chi connectivity index (χ4n) is 3.61. The molecule has 1 aliphatic heterocycles. The van der Waals surface area contributed by atoms with Crippen LogP contribution in [0, 0.1) is 0 Å². The summed E-state index contributed by atoms with van der Waals surface area (Å²) < 4.78 is 6.89. The maximum atomic E-state index is 12.6. The van der Waals surface area contributed by atoms with Gasteiger partial charge in [0.2, 0.25) is 5.91 Å². The first-order valence-corrected chi connectivity index (χ1v) is 9.66. The Morgan fingerprint density at radius 2 is 1.79 bits per heavy atom. The van der Waals surface area contributed by atoms with E-state index in [9.17, 15) is 9.59 Å². The standard InChI is InChI=1S/C21H23N5O3/c1-29-18-7-3-2-6-17(18)24-12-14-25(15-13-24)20(27)10-9-16-21(28)26-11-5-4-8-19(26)23-22-16/h2-8,11H,9-10,12-15H2,1H3. The maximum absolute atomic E-state index is 12.6. The number of methoxy groups -OCH3 is 1. The number of piperazine rings is 1. The number of aromatic nitrogens is 3. The Balaban J connectivity index is 1.36. The van der Waals surface area contributed by atoms with Gasteiger partial charge in [-0.1, -0.05) is 18.2 Å². The number of amides is 1. The van der Waals surface area contributed by atoms with Gasteiger partial charge in [-0.05, 0) is 24.3 Å². The molecule has 1 fully saturated rings. The van der Waals surface area contributed by atoms with Crippen LogP contribution in [0.1, 0.15) is 12.1 Å². The number of benzene rings is 1. The number of nitrogens with zero attached hydrogens (tertiary/aromatic N) is 5. The average Bonchev–Trinajstić information content (AvgIpc) is 2.78. The molecule has 0 saturated carbocycles. The lowest BCUT2D eigenvalue weighted by molar-refractivity contribution is -0.131. The summed E-state index contributed by atoms with van der Waals surface area (Å²) in [5.41, 5.74) is 1.64. The topological polar surface area (TPSA) is 80.0 Å². The van der Waals surface area contributed by atoms with Crippen LogP contribution in [0.4, 0.5) is 5.69 Å². The summed E-state index contributed by atoms with van der Waals surface area (Å²) in [6.07, 6.45) is 2.20. The smallest absolute Gasteiger partial charge is 0.279 e. The van der Waals surface area contributed by atoms with Crippen molar-refractivity contribution in [2.75, 3.05) is 38.2 Å². The zero-order valence-electron chi connectivity index (χ0n) is 16.3. The number of rotatable bonds is 5. The molecule has 1 aromatic carbocycles. The van der Waals surface area contributed by atoms with Crippen LogP contribution in [0.2, 0.25) is 0 Å². The van der Waals surface area contributed by atoms with E-state index in [1.165, 1.54) is 4.40 Å². The second-order valence-electron chi connectivity index (χ2n) is 6.92. The molecule has 3 heterocycles. The lowest BCUT2D eigenvalue weighted by Crippen LogP contribution is -2.49. The predicted molar refractivity (Wildman–Crippen MR) is 109 cm³/mol. The molecule has 29 heavy (non-hydrogen) atoms. The third-order valence-electron chi connectivity index (χ3n) is 5.21. The van der Waals surface area contributed by atoms with Gasteiger partial charge in [-0.15, -0.1) is 10.2 Å². The van der Waals surface area contributed by atoms with E-state index < -0.39 is 0 Å². The molecular weight excluding hydrogens is 370 g/mol. The zero-order valence-corrected chi connectivity index (χ0v) is 16.3. The fraction of sp³-hybridized carbons (Fsp3) is 0.333. The van der Waals surface area contributed by atoms with Crippen molar-refractivity contribution in [2.45, 2.75) is 12.8 Å². The second-order valence-corrected chi connectivity index (χ2v) is 6.92. The van der Waals surface area contributed by atoms with Crippen LogP contribution < -0.4 is 15.2 Å². The zero-order chi connectivity index (χ0) is 20.2. The minimum absolute atomic E-state index is 0.0315. The van der Waals surface area contributed by atoms with Gasteiger partial charge >= 0.3 is 0 Å². The van der Waals surface area contributed by atoms with Gasteiger partial charge in [0.15, 0.2) is 5.65 Å². The van der Waals surface area contributed by atoms with E-state index in [1.807, 2.05) is 29.2 Å². The van der Waals surface area contributed by atoms with Crippen molar-refractivity contribution in [2.24, 2.45) is 0 Å². The van der Waals surface area contributed by atoms with Gasteiger partial charge in [0.25, 0.3) is 5.56 Å².